The van der Waals surface area contributed by atoms with Crippen LogP contribution < -0.4 is 0 Å². The molecule has 0 aliphatic carbocycles. The molecule has 0 atom stereocenters. The van der Waals surface area contributed by atoms with Crippen LogP contribution >= 0.6 is 11.8 Å². The van der Waals surface area contributed by atoms with Gasteiger partial charge in [-0.15, -0.1) is 10.2 Å². The lowest BCUT2D eigenvalue weighted by molar-refractivity contribution is 0.384. The number of rotatable bonds is 6. The van der Waals surface area contributed by atoms with E-state index in [1.807, 2.05) is 23.7 Å². The third-order valence-electron chi connectivity index (χ3n) is 3.42. The molecule has 0 fully saturated rings. The van der Waals surface area contributed by atoms with Gasteiger partial charge in [0.25, 0.3) is 0 Å². The molecule has 3 aromatic rings. The maximum Gasteiger partial charge on any atom is 0.237 e. The average molecular weight is 329 g/mol. The van der Waals surface area contributed by atoms with E-state index in [4.69, 9.17) is 4.52 Å². The molecule has 0 radical (unpaired) electrons. The van der Waals surface area contributed by atoms with Gasteiger partial charge in [-0.2, -0.15) is 4.98 Å². The summed E-state index contributed by atoms with van der Waals surface area (Å²) in [5.74, 6) is 2.84. The molecule has 0 spiro atoms. The Labute approximate surface area is 139 Å². The van der Waals surface area contributed by atoms with Crippen LogP contribution in [0.4, 0.5) is 0 Å². The lowest BCUT2D eigenvalue weighted by atomic mass is 10.1. The van der Waals surface area contributed by atoms with Crippen molar-refractivity contribution in [2.24, 2.45) is 7.05 Å². The summed E-state index contributed by atoms with van der Waals surface area (Å²) < 4.78 is 7.24. The molecule has 23 heavy (non-hydrogen) atoms. The van der Waals surface area contributed by atoms with Gasteiger partial charge in [0.05, 0.1) is 5.75 Å². The van der Waals surface area contributed by atoms with Gasteiger partial charge in [-0.05, 0) is 19.4 Å². The minimum absolute atomic E-state index is 0.594. The molecular formula is C16H19N5OS. The summed E-state index contributed by atoms with van der Waals surface area (Å²) in [6.45, 7) is 4.16. The predicted molar refractivity (Wildman–Crippen MR) is 89.0 cm³/mol. The number of nitrogens with zero attached hydrogens (tertiary/aromatic N) is 5. The van der Waals surface area contributed by atoms with E-state index in [1.54, 1.807) is 11.8 Å². The minimum Gasteiger partial charge on any atom is -0.338 e. The molecule has 1 aromatic carbocycles. The zero-order chi connectivity index (χ0) is 16.2. The van der Waals surface area contributed by atoms with Crippen molar-refractivity contribution >= 4 is 11.8 Å². The first-order valence-electron chi connectivity index (χ1n) is 7.58. The lowest BCUT2D eigenvalue weighted by Gasteiger charge is -2.03. The molecule has 0 aliphatic heterocycles. The standard InChI is InChI=1S/C16H19N5OS/c1-4-6-13-17-14(22-20-13)10-23-16-19-18-15(21(16)3)12-8-5-7-11(2)9-12/h5,7-9H,4,6,10H2,1-3H3. The van der Waals surface area contributed by atoms with Crippen molar-refractivity contribution in [3.05, 3.63) is 41.5 Å². The molecule has 0 saturated carbocycles. The smallest absolute Gasteiger partial charge is 0.237 e. The van der Waals surface area contributed by atoms with Crippen molar-refractivity contribution in [2.75, 3.05) is 0 Å². The molecule has 2 heterocycles. The van der Waals surface area contributed by atoms with E-state index in [1.165, 1.54) is 5.56 Å². The highest BCUT2D eigenvalue weighted by Gasteiger charge is 2.13. The largest absolute Gasteiger partial charge is 0.338 e. The second-order valence-electron chi connectivity index (χ2n) is 5.38. The summed E-state index contributed by atoms with van der Waals surface area (Å²) in [4.78, 5) is 4.37. The summed E-state index contributed by atoms with van der Waals surface area (Å²) in [5.41, 5.74) is 2.27. The summed E-state index contributed by atoms with van der Waals surface area (Å²) in [6.07, 6.45) is 1.85. The second kappa shape index (κ2) is 6.95. The Bertz CT molecular complexity index is 795. The molecule has 0 aliphatic rings. The van der Waals surface area contributed by atoms with E-state index >= 15 is 0 Å². The van der Waals surface area contributed by atoms with E-state index in [0.29, 0.717) is 11.6 Å². The van der Waals surface area contributed by atoms with Crippen LogP contribution in [0.3, 0.4) is 0 Å². The number of aromatic nitrogens is 5. The van der Waals surface area contributed by atoms with E-state index in [9.17, 15) is 0 Å². The third kappa shape index (κ3) is 3.61. The van der Waals surface area contributed by atoms with E-state index < -0.39 is 0 Å². The maximum atomic E-state index is 5.25. The molecule has 0 amide bonds. The fourth-order valence-corrected chi connectivity index (χ4v) is 3.02. The molecule has 0 bridgehead atoms. The van der Waals surface area contributed by atoms with Gasteiger partial charge >= 0.3 is 0 Å². The van der Waals surface area contributed by atoms with Gasteiger partial charge in [0, 0.05) is 19.0 Å². The van der Waals surface area contributed by atoms with Crippen molar-refractivity contribution in [1.82, 2.24) is 24.9 Å². The van der Waals surface area contributed by atoms with Crippen LogP contribution in [-0.2, 0) is 19.2 Å². The molecular weight excluding hydrogens is 310 g/mol. The van der Waals surface area contributed by atoms with Gasteiger partial charge in [-0.3, -0.25) is 0 Å². The Morgan fingerprint density at radius 2 is 2.13 bits per heavy atom. The van der Waals surface area contributed by atoms with Crippen molar-refractivity contribution in [3.63, 3.8) is 0 Å². The van der Waals surface area contributed by atoms with Crippen molar-refractivity contribution in [2.45, 2.75) is 37.6 Å². The normalized spacial score (nSPS) is 11.1. The molecule has 0 N–H and O–H groups in total. The molecule has 0 unspecified atom stereocenters. The van der Waals surface area contributed by atoms with Crippen LogP contribution in [0, 0.1) is 6.92 Å². The highest BCUT2D eigenvalue weighted by atomic mass is 32.2. The van der Waals surface area contributed by atoms with Crippen molar-refractivity contribution in [3.8, 4) is 11.4 Å². The number of thioether (sulfide) groups is 1. The molecule has 0 saturated heterocycles. The average Bonchev–Trinajstić information content (AvgIpc) is 3.12. The maximum absolute atomic E-state index is 5.25. The van der Waals surface area contributed by atoms with Gasteiger partial charge in [-0.1, -0.05) is 47.6 Å². The van der Waals surface area contributed by atoms with E-state index in [-0.39, 0.29) is 0 Å². The fourth-order valence-electron chi connectivity index (χ4n) is 2.28. The van der Waals surface area contributed by atoms with Crippen molar-refractivity contribution in [1.29, 1.82) is 0 Å². The first-order valence-corrected chi connectivity index (χ1v) is 8.56. The topological polar surface area (TPSA) is 69.6 Å². The minimum atomic E-state index is 0.594. The highest BCUT2D eigenvalue weighted by Crippen LogP contribution is 2.25. The number of hydrogen-bond donors (Lipinski definition) is 0. The number of aryl methyl sites for hydroxylation is 2. The van der Waals surface area contributed by atoms with Crippen LogP contribution in [-0.4, -0.2) is 24.9 Å². The predicted octanol–water partition coefficient (Wildman–Crippen LogP) is 3.42. The van der Waals surface area contributed by atoms with Gasteiger partial charge < -0.3 is 9.09 Å². The van der Waals surface area contributed by atoms with E-state index in [2.05, 4.69) is 46.3 Å². The summed E-state index contributed by atoms with van der Waals surface area (Å²) in [5, 5.41) is 13.4. The van der Waals surface area contributed by atoms with Crippen LogP contribution in [0.2, 0.25) is 0 Å². The molecule has 2 aromatic heterocycles. The first kappa shape index (κ1) is 15.7. The van der Waals surface area contributed by atoms with Crippen molar-refractivity contribution < 1.29 is 4.52 Å². The van der Waals surface area contributed by atoms with Crippen LogP contribution in [0.5, 0.6) is 0 Å². The molecule has 7 heteroatoms. The Kier molecular flexibility index (Phi) is 4.76. The highest BCUT2D eigenvalue weighted by molar-refractivity contribution is 7.98. The van der Waals surface area contributed by atoms with Crippen LogP contribution in [0.1, 0.15) is 30.6 Å². The Hall–Kier alpha value is -2.15. The second-order valence-corrected chi connectivity index (χ2v) is 6.32. The summed E-state index contributed by atoms with van der Waals surface area (Å²) in [7, 11) is 1.97. The van der Waals surface area contributed by atoms with Gasteiger partial charge in [0.1, 0.15) is 0 Å². The fraction of sp³-hybridized carbons (Fsp3) is 0.375. The summed E-state index contributed by atoms with van der Waals surface area (Å²) in [6, 6.07) is 8.24. The van der Waals surface area contributed by atoms with Crippen LogP contribution in [0.25, 0.3) is 11.4 Å². The Morgan fingerprint density at radius 1 is 1.26 bits per heavy atom. The van der Waals surface area contributed by atoms with E-state index in [0.717, 1.165) is 35.2 Å². The molecule has 3 rings (SSSR count). The van der Waals surface area contributed by atoms with Gasteiger partial charge in [0.2, 0.25) is 5.89 Å². The molecule has 120 valence electrons. The zero-order valence-corrected chi connectivity index (χ0v) is 14.3. The summed E-state index contributed by atoms with van der Waals surface area (Å²) >= 11 is 1.54. The Morgan fingerprint density at radius 3 is 2.91 bits per heavy atom. The number of benzene rings is 1. The third-order valence-corrected chi connectivity index (χ3v) is 4.42. The Balaban J connectivity index is 1.71. The first-order chi connectivity index (χ1) is 11.2. The SMILES string of the molecule is CCCc1noc(CSc2nnc(-c3cccc(C)c3)n2C)n1. The monoisotopic (exact) mass is 329 g/mol. The van der Waals surface area contributed by atoms with Gasteiger partial charge in [-0.25, -0.2) is 0 Å². The zero-order valence-electron chi connectivity index (χ0n) is 13.5. The van der Waals surface area contributed by atoms with Gasteiger partial charge in [0.15, 0.2) is 16.8 Å². The molecule has 6 nitrogen and oxygen atoms in total. The lowest BCUT2D eigenvalue weighted by Crippen LogP contribution is -1.95. The quantitative estimate of drug-likeness (QED) is 0.645. The number of hydrogen-bond acceptors (Lipinski definition) is 6. The van der Waals surface area contributed by atoms with Crippen LogP contribution in [0.15, 0.2) is 33.9 Å².